The summed E-state index contributed by atoms with van der Waals surface area (Å²) in [6.07, 6.45) is 0. The highest BCUT2D eigenvalue weighted by atomic mass is 35.6. The summed E-state index contributed by atoms with van der Waals surface area (Å²) in [7, 11) is 10.1. The first-order valence-electron chi connectivity index (χ1n) is 12.7. The standard InChI is InChI=1S/C30H39ClO9Si/c1-16-13-19(32-4)28(25(38-10)22(16)35-7)41(31,29-20(33-5)14-17(2)23(36-8)26(29)39-11)30-21(34-6)15-18(3)24(37-9)27(30)40-12/h13-15H,1-12H3. The molecule has 0 unspecified atom stereocenters. The molecule has 9 nitrogen and oxygen atoms in total. The first-order chi connectivity index (χ1) is 19.6. The molecule has 0 N–H and O–H groups in total. The minimum absolute atomic E-state index is 0.387. The lowest BCUT2D eigenvalue weighted by atomic mass is 10.2. The van der Waals surface area contributed by atoms with Gasteiger partial charge in [-0.25, -0.2) is 0 Å². The van der Waals surface area contributed by atoms with Crippen LogP contribution in [0.15, 0.2) is 18.2 Å². The maximum atomic E-state index is 8.26. The topological polar surface area (TPSA) is 83.1 Å². The largest absolute Gasteiger partial charge is 0.497 e. The Labute approximate surface area is 247 Å². The predicted molar refractivity (Wildman–Crippen MR) is 163 cm³/mol. The molecule has 0 radical (unpaired) electrons. The van der Waals surface area contributed by atoms with Gasteiger partial charge in [-0.05, 0) is 55.7 Å². The van der Waals surface area contributed by atoms with Gasteiger partial charge in [0.1, 0.15) is 17.2 Å². The van der Waals surface area contributed by atoms with Crippen LogP contribution < -0.4 is 58.2 Å². The van der Waals surface area contributed by atoms with Gasteiger partial charge in [-0.1, -0.05) is 0 Å². The van der Waals surface area contributed by atoms with Crippen LogP contribution in [-0.4, -0.2) is 71.4 Å². The monoisotopic (exact) mass is 606 g/mol. The van der Waals surface area contributed by atoms with Crippen molar-refractivity contribution in [2.24, 2.45) is 0 Å². The molecule has 0 atom stereocenters. The minimum atomic E-state index is -4.00. The normalized spacial score (nSPS) is 11.0. The summed E-state index contributed by atoms with van der Waals surface area (Å²) in [6, 6.07) is 5.57. The van der Waals surface area contributed by atoms with Gasteiger partial charge in [0.05, 0.1) is 79.5 Å². The van der Waals surface area contributed by atoms with Gasteiger partial charge in [-0.15, -0.1) is 11.1 Å². The number of hydrogen-bond donors (Lipinski definition) is 0. The highest BCUT2D eigenvalue weighted by molar-refractivity contribution is 7.42. The Kier molecular flexibility index (Phi) is 10.0. The lowest BCUT2D eigenvalue weighted by Crippen LogP contribution is -2.64. The quantitative estimate of drug-likeness (QED) is 0.173. The van der Waals surface area contributed by atoms with Crippen molar-refractivity contribution in [3.63, 3.8) is 0 Å². The summed E-state index contributed by atoms with van der Waals surface area (Å²) in [5.74, 6) is 4.05. The summed E-state index contributed by atoms with van der Waals surface area (Å²) in [4.78, 5) is 0. The molecule has 0 bridgehead atoms. The van der Waals surface area contributed by atoms with E-state index in [2.05, 4.69) is 0 Å². The molecule has 3 aromatic rings. The Morgan fingerprint density at radius 3 is 0.780 bits per heavy atom. The maximum Gasteiger partial charge on any atom is 0.271 e. The second-order valence-electron chi connectivity index (χ2n) is 9.17. The first kappa shape index (κ1) is 31.9. The third kappa shape index (κ3) is 5.03. The number of halogens is 1. The number of ether oxygens (including phenoxy) is 9. The fraction of sp³-hybridized carbons (Fsp3) is 0.400. The maximum absolute atomic E-state index is 8.26. The Balaban J connectivity index is 2.86. The third-order valence-corrected chi connectivity index (χ3v) is 12.3. The molecule has 41 heavy (non-hydrogen) atoms. The van der Waals surface area contributed by atoms with E-state index in [1.807, 2.05) is 39.0 Å². The van der Waals surface area contributed by atoms with Gasteiger partial charge in [0.25, 0.3) is 7.38 Å². The van der Waals surface area contributed by atoms with Crippen molar-refractivity contribution in [3.8, 4) is 51.7 Å². The van der Waals surface area contributed by atoms with Crippen molar-refractivity contribution in [1.29, 1.82) is 0 Å². The van der Waals surface area contributed by atoms with Crippen molar-refractivity contribution in [1.82, 2.24) is 0 Å². The van der Waals surface area contributed by atoms with Crippen molar-refractivity contribution < 1.29 is 42.6 Å². The van der Waals surface area contributed by atoms with E-state index in [0.29, 0.717) is 67.3 Å². The Bertz CT molecular complexity index is 1260. The molecule has 224 valence electrons. The van der Waals surface area contributed by atoms with Gasteiger partial charge in [-0.2, -0.15) is 0 Å². The highest BCUT2D eigenvalue weighted by Crippen LogP contribution is 2.45. The highest BCUT2D eigenvalue weighted by Gasteiger charge is 2.53. The Morgan fingerprint density at radius 1 is 0.390 bits per heavy atom. The first-order valence-corrected chi connectivity index (χ1v) is 15.7. The summed E-state index contributed by atoms with van der Waals surface area (Å²) < 4.78 is 53.7. The molecule has 0 amide bonds. The van der Waals surface area contributed by atoms with Gasteiger partial charge < -0.3 is 42.6 Å². The second kappa shape index (κ2) is 12.9. The van der Waals surface area contributed by atoms with Crippen LogP contribution in [0.3, 0.4) is 0 Å². The smallest absolute Gasteiger partial charge is 0.271 e. The van der Waals surface area contributed by atoms with Gasteiger partial charge in [0, 0.05) is 0 Å². The van der Waals surface area contributed by atoms with E-state index in [9.17, 15) is 0 Å². The molecule has 3 aromatic carbocycles. The van der Waals surface area contributed by atoms with Crippen LogP contribution in [0.2, 0.25) is 0 Å². The van der Waals surface area contributed by atoms with E-state index < -0.39 is 7.38 Å². The lowest BCUT2D eigenvalue weighted by Gasteiger charge is -2.35. The molecule has 0 aromatic heterocycles. The molecule has 0 fully saturated rings. The zero-order chi connectivity index (χ0) is 30.6. The molecular weight excluding hydrogens is 568 g/mol. The third-order valence-electron chi connectivity index (χ3n) is 7.07. The van der Waals surface area contributed by atoms with Crippen molar-refractivity contribution in [2.45, 2.75) is 20.8 Å². The molecule has 11 heteroatoms. The van der Waals surface area contributed by atoms with Crippen LogP contribution >= 0.6 is 11.1 Å². The molecule has 0 aliphatic rings. The average molecular weight is 607 g/mol. The summed E-state index contributed by atoms with van der Waals surface area (Å²) in [5, 5.41) is 1.57. The van der Waals surface area contributed by atoms with Crippen LogP contribution in [0.4, 0.5) is 0 Å². The SMILES string of the molecule is COc1cc(C)c(OC)c(OC)c1[Si](Cl)(c1c(OC)cc(C)c(OC)c1OC)c1c(OC)cc(C)c(OC)c1OC. The average Bonchev–Trinajstić information content (AvgIpc) is 2.98. The zero-order valence-electron chi connectivity index (χ0n) is 25.8. The van der Waals surface area contributed by atoms with Crippen molar-refractivity contribution >= 4 is 34.0 Å². The fourth-order valence-corrected chi connectivity index (χ4v) is 10.9. The predicted octanol–water partition coefficient (Wildman–Crippen LogP) is 3.89. The number of methoxy groups -OCH3 is 9. The molecule has 0 saturated carbocycles. The summed E-state index contributed by atoms with van der Waals surface area (Å²) in [6.45, 7) is 5.70. The van der Waals surface area contributed by atoms with Crippen LogP contribution in [0, 0.1) is 20.8 Å². The minimum Gasteiger partial charge on any atom is -0.497 e. The van der Waals surface area contributed by atoms with Crippen LogP contribution in [0.5, 0.6) is 51.7 Å². The second-order valence-corrected chi connectivity index (χ2v) is 13.7. The fourth-order valence-electron chi connectivity index (χ4n) is 5.40. The van der Waals surface area contributed by atoms with Gasteiger partial charge in [-0.3, -0.25) is 0 Å². The van der Waals surface area contributed by atoms with E-state index in [1.165, 1.54) is 0 Å². The number of benzene rings is 3. The number of hydrogen-bond acceptors (Lipinski definition) is 9. The van der Waals surface area contributed by atoms with E-state index in [4.69, 9.17) is 53.7 Å². The van der Waals surface area contributed by atoms with Gasteiger partial charge in [0.2, 0.25) is 0 Å². The summed E-state index contributed by atoms with van der Waals surface area (Å²) in [5.41, 5.74) is 2.37. The van der Waals surface area contributed by atoms with Crippen LogP contribution in [0.1, 0.15) is 16.7 Å². The Hall–Kier alpha value is -3.63. The van der Waals surface area contributed by atoms with E-state index in [-0.39, 0.29) is 0 Å². The lowest BCUT2D eigenvalue weighted by molar-refractivity contribution is 0.348. The summed E-state index contributed by atoms with van der Waals surface area (Å²) >= 11 is 8.26. The van der Waals surface area contributed by atoms with E-state index in [0.717, 1.165) is 16.7 Å². The van der Waals surface area contributed by atoms with Gasteiger partial charge in [0.15, 0.2) is 34.5 Å². The molecule has 0 spiro atoms. The van der Waals surface area contributed by atoms with Crippen LogP contribution in [0.25, 0.3) is 0 Å². The molecule has 3 rings (SSSR count). The van der Waals surface area contributed by atoms with Crippen molar-refractivity contribution in [3.05, 3.63) is 34.9 Å². The zero-order valence-corrected chi connectivity index (χ0v) is 27.5. The number of rotatable bonds is 12. The molecular formula is C30H39ClO9Si. The Morgan fingerprint density at radius 2 is 0.610 bits per heavy atom. The number of aryl methyl sites for hydroxylation is 3. The molecule has 0 aliphatic carbocycles. The van der Waals surface area contributed by atoms with E-state index >= 15 is 0 Å². The molecule has 0 aliphatic heterocycles. The van der Waals surface area contributed by atoms with E-state index in [1.54, 1.807) is 64.0 Å². The molecule has 0 saturated heterocycles. The van der Waals surface area contributed by atoms with Crippen molar-refractivity contribution in [2.75, 3.05) is 64.0 Å². The van der Waals surface area contributed by atoms with Crippen LogP contribution in [-0.2, 0) is 0 Å². The van der Waals surface area contributed by atoms with Gasteiger partial charge >= 0.3 is 0 Å². The molecule has 0 heterocycles.